The number of carbonyl (C=O) groups excluding carboxylic acids is 2. The van der Waals surface area contributed by atoms with E-state index in [4.69, 9.17) is 18.9 Å². The third kappa shape index (κ3) is 20.0. The first-order valence-electron chi connectivity index (χ1n) is 30.7. The van der Waals surface area contributed by atoms with Gasteiger partial charge in [0.2, 0.25) is 0 Å². The minimum atomic E-state index is -1.23. The third-order valence-electron chi connectivity index (χ3n) is 15.8. The smallest absolute Gasteiger partial charge is 0.306 e. The van der Waals surface area contributed by atoms with E-state index >= 15 is 0 Å². The van der Waals surface area contributed by atoms with Crippen LogP contribution in [0.4, 0.5) is 0 Å². The number of aromatic hydroxyl groups is 4. The lowest BCUT2D eigenvalue weighted by atomic mass is 9.78. The number of phenolic OH excluding ortho intramolecular Hbond substituents is 4. The van der Waals surface area contributed by atoms with Crippen molar-refractivity contribution in [1.82, 2.24) is 0 Å². The van der Waals surface area contributed by atoms with Crippen LogP contribution in [0.5, 0.6) is 23.0 Å². The first-order valence-corrected chi connectivity index (χ1v) is 30.7. The quantitative estimate of drug-likeness (QED) is 0.0375. The molecule has 5 N–H and O–H groups in total. The molecule has 1 atom stereocenters. The summed E-state index contributed by atoms with van der Waals surface area (Å²) in [7, 11) is 0. The van der Waals surface area contributed by atoms with Gasteiger partial charge in [-0.25, -0.2) is 0 Å². The van der Waals surface area contributed by atoms with Crippen LogP contribution >= 0.6 is 0 Å². The molecular formula is C73H112O11. The van der Waals surface area contributed by atoms with Crippen molar-refractivity contribution in [3.05, 3.63) is 115 Å². The summed E-state index contributed by atoms with van der Waals surface area (Å²) in [5, 5.41) is 57.5. The highest BCUT2D eigenvalue weighted by Crippen LogP contribution is 2.44. The summed E-state index contributed by atoms with van der Waals surface area (Å²) in [6.07, 6.45) is 1.33. The molecular weight excluding hydrogens is 1050 g/mol. The molecule has 0 aliphatic heterocycles. The fourth-order valence-corrected chi connectivity index (χ4v) is 10.7. The van der Waals surface area contributed by atoms with Gasteiger partial charge in [0.25, 0.3) is 0 Å². The van der Waals surface area contributed by atoms with Crippen LogP contribution < -0.4 is 0 Å². The number of ether oxygens (including phenoxy) is 4. The minimum absolute atomic E-state index is 0.0226. The van der Waals surface area contributed by atoms with Gasteiger partial charge in [-0.15, -0.1) is 0 Å². The molecule has 11 heteroatoms. The highest BCUT2D eigenvalue weighted by Gasteiger charge is 2.37. The number of esters is 2. The van der Waals surface area contributed by atoms with Gasteiger partial charge in [-0.05, 0) is 136 Å². The Morgan fingerprint density at radius 3 is 0.893 bits per heavy atom. The summed E-state index contributed by atoms with van der Waals surface area (Å²) in [6.45, 7) is 49.2. The average molecular weight is 1170 g/mol. The zero-order valence-corrected chi connectivity index (χ0v) is 56.6. The van der Waals surface area contributed by atoms with E-state index in [-0.39, 0.29) is 113 Å². The molecule has 0 spiro atoms. The van der Waals surface area contributed by atoms with Crippen molar-refractivity contribution < 1.29 is 54.1 Å². The summed E-state index contributed by atoms with van der Waals surface area (Å²) in [4.78, 5) is 28.2. The van der Waals surface area contributed by atoms with E-state index in [2.05, 4.69) is 178 Å². The summed E-state index contributed by atoms with van der Waals surface area (Å²) >= 11 is 0. The Morgan fingerprint density at radius 2 is 0.619 bits per heavy atom. The minimum Gasteiger partial charge on any atom is -0.507 e. The van der Waals surface area contributed by atoms with Gasteiger partial charge < -0.3 is 44.5 Å². The van der Waals surface area contributed by atoms with E-state index < -0.39 is 23.5 Å². The molecule has 4 aromatic carbocycles. The van der Waals surface area contributed by atoms with Gasteiger partial charge in [0.05, 0.1) is 31.3 Å². The molecule has 84 heavy (non-hydrogen) atoms. The Hall–Kier alpha value is -5.10. The van der Waals surface area contributed by atoms with Crippen molar-refractivity contribution in [2.75, 3.05) is 39.6 Å². The van der Waals surface area contributed by atoms with Gasteiger partial charge in [-0.2, -0.15) is 0 Å². The number of benzene rings is 4. The van der Waals surface area contributed by atoms with E-state index in [9.17, 15) is 35.1 Å². The molecule has 0 saturated heterocycles. The van der Waals surface area contributed by atoms with E-state index in [1.54, 1.807) is 0 Å². The van der Waals surface area contributed by atoms with Crippen molar-refractivity contribution in [2.24, 2.45) is 5.41 Å². The maximum Gasteiger partial charge on any atom is 0.306 e. The second-order valence-corrected chi connectivity index (χ2v) is 32.5. The van der Waals surface area contributed by atoms with Gasteiger partial charge in [0, 0.05) is 25.9 Å². The summed E-state index contributed by atoms with van der Waals surface area (Å²) in [5.41, 5.74) is 6.28. The van der Waals surface area contributed by atoms with Crippen LogP contribution in [0.25, 0.3) is 0 Å². The van der Waals surface area contributed by atoms with Crippen LogP contribution in [0.15, 0.2) is 48.5 Å². The molecule has 0 bridgehead atoms. The van der Waals surface area contributed by atoms with E-state index in [1.807, 2.05) is 36.4 Å². The number of rotatable bonds is 22. The normalized spacial score (nSPS) is 13.8. The maximum absolute atomic E-state index is 14.1. The summed E-state index contributed by atoms with van der Waals surface area (Å²) < 4.78 is 25.5. The molecule has 470 valence electrons. The lowest BCUT2D eigenvalue weighted by Gasteiger charge is -2.33. The first-order chi connectivity index (χ1) is 38.0. The standard InChI is InChI=1S/C73H112O11/c1-65(2,3)51-33-46(34-52(61(51)77)66(4,5)6)26-25-31-81-42-73(43-82-41-50(74)32-49-39-57(71(19,20)21)64(80)58(40-49)72(22,23)24,44-83-59(75)29-27-47-35-53(67(7,8)9)62(78)54(36-47)68(10,11)12)45-84-60(76)30-28-48-37-55(69(13,14)15)63(79)56(38-48)70(16,17)18/h33-40,50,74,77-80H,25-32,41-45H2,1-24H3. The largest absolute Gasteiger partial charge is 0.507 e. The molecule has 0 radical (unpaired) electrons. The Bertz CT molecular complexity index is 2640. The number of hydrogen-bond acceptors (Lipinski definition) is 11. The third-order valence-corrected chi connectivity index (χ3v) is 15.8. The zero-order chi connectivity index (χ0) is 64.1. The lowest BCUT2D eigenvalue weighted by Crippen LogP contribution is -2.43. The molecule has 1 unspecified atom stereocenters. The number of phenols is 4. The fourth-order valence-electron chi connectivity index (χ4n) is 10.7. The molecule has 0 heterocycles. The van der Waals surface area contributed by atoms with Crippen molar-refractivity contribution in [2.45, 2.75) is 261 Å². The average Bonchev–Trinajstić information content (AvgIpc) is 2.59. The van der Waals surface area contributed by atoms with Crippen molar-refractivity contribution >= 4 is 11.9 Å². The molecule has 4 rings (SSSR count). The van der Waals surface area contributed by atoms with Gasteiger partial charge in [0.15, 0.2) is 0 Å². The van der Waals surface area contributed by atoms with E-state index in [0.717, 1.165) is 66.8 Å². The number of aryl methyl sites for hydroxylation is 3. The van der Waals surface area contributed by atoms with Crippen LogP contribution in [0.3, 0.4) is 0 Å². The zero-order valence-electron chi connectivity index (χ0n) is 56.6. The Kier molecular flexibility index (Phi) is 22.8. The van der Waals surface area contributed by atoms with Crippen molar-refractivity contribution in [1.29, 1.82) is 0 Å². The fraction of sp³-hybridized carbons (Fsp3) is 0.644. The lowest BCUT2D eigenvalue weighted by molar-refractivity contribution is -0.164. The highest BCUT2D eigenvalue weighted by molar-refractivity contribution is 5.71. The van der Waals surface area contributed by atoms with Crippen molar-refractivity contribution in [3.8, 4) is 23.0 Å². The highest BCUT2D eigenvalue weighted by atomic mass is 16.6. The molecule has 0 aliphatic rings. The molecule has 0 fully saturated rings. The van der Waals surface area contributed by atoms with Gasteiger partial charge in [0.1, 0.15) is 36.2 Å². The van der Waals surface area contributed by atoms with Crippen LogP contribution in [0.1, 0.15) is 252 Å². The van der Waals surface area contributed by atoms with Gasteiger partial charge >= 0.3 is 11.9 Å². The summed E-state index contributed by atoms with van der Waals surface area (Å²) in [5.74, 6) is 0.152. The summed E-state index contributed by atoms with van der Waals surface area (Å²) in [6, 6.07) is 16.0. The van der Waals surface area contributed by atoms with E-state index in [1.165, 1.54) is 0 Å². The van der Waals surface area contributed by atoms with Crippen molar-refractivity contribution in [3.63, 3.8) is 0 Å². The number of carbonyl (C=O) groups is 2. The number of aliphatic hydroxyl groups excluding tert-OH is 1. The Balaban J connectivity index is 1.73. The van der Waals surface area contributed by atoms with Crippen LogP contribution in [-0.4, -0.2) is 83.2 Å². The van der Waals surface area contributed by atoms with E-state index in [0.29, 0.717) is 38.0 Å². The maximum atomic E-state index is 14.1. The monoisotopic (exact) mass is 1160 g/mol. The molecule has 11 nitrogen and oxygen atoms in total. The van der Waals surface area contributed by atoms with Gasteiger partial charge in [-0.3, -0.25) is 9.59 Å². The van der Waals surface area contributed by atoms with Crippen LogP contribution in [-0.2, 0) is 97.5 Å². The topological polar surface area (TPSA) is 172 Å². The predicted octanol–water partition coefficient (Wildman–Crippen LogP) is 15.8. The van der Waals surface area contributed by atoms with Crippen LogP contribution in [0.2, 0.25) is 0 Å². The first kappa shape index (κ1) is 71.4. The number of aliphatic hydroxyl groups is 1. The molecule has 0 aliphatic carbocycles. The predicted molar refractivity (Wildman–Crippen MR) is 343 cm³/mol. The Morgan fingerprint density at radius 1 is 0.369 bits per heavy atom. The second-order valence-electron chi connectivity index (χ2n) is 32.5. The molecule has 0 amide bonds. The number of hydrogen-bond donors (Lipinski definition) is 5. The Labute approximate surface area is 507 Å². The SMILES string of the molecule is CC(C)(C)c1cc(CCCOCC(COCC(O)Cc2cc(C(C)(C)C)c(O)c(C(C)(C)C)c2)(COC(=O)CCc2cc(C(C)(C)C)c(O)c(C(C)(C)C)c2)COC(=O)CCc2cc(C(C)(C)C)c(O)c(C(C)(C)C)c2)cc(C(C)(C)C)c1O. The molecule has 4 aromatic rings. The van der Waals surface area contributed by atoms with Gasteiger partial charge in [-0.1, -0.05) is 215 Å². The molecule has 0 aromatic heterocycles. The second kappa shape index (κ2) is 26.9. The molecule has 0 saturated carbocycles. The van der Waals surface area contributed by atoms with Crippen LogP contribution in [0, 0.1) is 5.41 Å².